The molecule has 2 aromatic carbocycles. The van der Waals surface area contributed by atoms with Crippen LogP contribution in [0.3, 0.4) is 0 Å². The van der Waals surface area contributed by atoms with E-state index in [1.807, 2.05) is 0 Å². The number of hydrogen-bond acceptors (Lipinski definition) is 4. The highest BCUT2D eigenvalue weighted by molar-refractivity contribution is 5.77. The Morgan fingerprint density at radius 3 is 2.65 bits per heavy atom. The molecule has 0 bridgehead atoms. The second-order valence-electron chi connectivity index (χ2n) is 5.18. The van der Waals surface area contributed by atoms with Gasteiger partial charge in [0.2, 0.25) is 0 Å². The molecule has 0 aliphatic carbocycles. The smallest absolute Gasteiger partial charge is 0.406 e. The van der Waals surface area contributed by atoms with Crippen molar-refractivity contribution in [3.05, 3.63) is 64.4 Å². The van der Waals surface area contributed by atoms with Crippen LogP contribution in [0, 0.1) is 0 Å². The summed E-state index contributed by atoms with van der Waals surface area (Å²) in [4.78, 5) is 29.3. The lowest BCUT2D eigenvalue weighted by atomic mass is 10.2. The molecule has 0 aliphatic heterocycles. The Balaban J connectivity index is 1.63. The summed E-state index contributed by atoms with van der Waals surface area (Å²) in [6, 6.07) is 11.7. The van der Waals surface area contributed by atoms with Crippen molar-refractivity contribution >= 4 is 17.0 Å². The Kier molecular flexibility index (Phi) is 4.57. The van der Waals surface area contributed by atoms with Crippen LogP contribution >= 0.6 is 0 Å². The third kappa shape index (κ3) is 4.15. The van der Waals surface area contributed by atoms with Gasteiger partial charge < -0.3 is 10.1 Å². The average Bonchev–Trinajstić information content (AvgIpc) is 2.88. The Morgan fingerprint density at radius 2 is 1.92 bits per heavy atom. The SMILES string of the molecule is O=C(NCc1cccc(OC(F)(F)F)c1)On1[nH]c2ccccc2c1=O. The number of benzene rings is 2. The van der Waals surface area contributed by atoms with E-state index in [1.165, 1.54) is 12.1 Å². The molecule has 0 fully saturated rings. The zero-order chi connectivity index (χ0) is 18.7. The molecule has 0 spiro atoms. The number of nitrogens with zero attached hydrogens (tertiary/aromatic N) is 1. The monoisotopic (exact) mass is 367 g/mol. The summed E-state index contributed by atoms with van der Waals surface area (Å²) in [5.41, 5.74) is 0.298. The molecule has 136 valence electrons. The lowest BCUT2D eigenvalue weighted by Gasteiger charge is -2.10. The van der Waals surface area contributed by atoms with Crippen molar-refractivity contribution in [3.63, 3.8) is 0 Å². The number of halogens is 3. The summed E-state index contributed by atoms with van der Waals surface area (Å²) in [6.07, 6.45) is -5.76. The van der Waals surface area contributed by atoms with Gasteiger partial charge >= 0.3 is 18.0 Å². The van der Waals surface area contributed by atoms with Crippen molar-refractivity contribution in [2.45, 2.75) is 12.9 Å². The summed E-state index contributed by atoms with van der Waals surface area (Å²) < 4.78 is 40.4. The minimum atomic E-state index is -4.80. The molecular formula is C16H12F3N3O4. The van der Waals surface area contributed by atoms with Crippen molar-refractivity contribution in [2.24, 2.45) is 0 Å². The molecule has 3 aromatic rings. The van der Waals surface area contributed by atoms with Crippen LogP contribution in [0.15, 0.2) is 53.3 Å². The van der Waals surface area contributed by atoms with Gasteiger partial charge in [0.15, 0.2) is 0 Å². The summed E-state index contributed by atoms with van der Waals surface area (Å²) in [5, 5.41) is 5.28. The molecule has 26 heavy (non-hydrogen) atoms. The normalized spacial score (nSPS) is 11.3. The van der Waals surface area contributed by atoms with Crippen LogP contribution in [-0.2, 0) is 6.54 Å². The Bertz CT molecular complexity index is 994. The predicted octanol–water partition coefficient (Wildman–Crippen LogP) is 2.57. The quantitative estimate of drug-likeness (QED) is 0.742. The van der Waals surface area contributed by atoms with Crippen LogP contribution in [0.2, 0.25) is 0 Å². The average molecular weight is 367 g/mol. The van der Waals surface area contributed by atoms with Gasteiger partial charge in [-0.2, -0.15) is 0 Å². The van der Waals surface area contributed by atoms with E-state index in [2.05, 4.69) is 15.2 Å². The Morgan fingerprint density at radius 1 is 1.15 bits per heavy atom. The number of carbonyl (C=O) groups is 1. The van der Waals surface area contributed by atoms with Crippen molar-refractivity contribution < 1.29 is 27.5 Å². The van der Waals surface area contributed by atoms with Crippen LogP contribution in [0.4, 0.5) is 18.0 Å². The molecule has 7 nitrogen and oxygen atoms in total. The molecule has 0 atom stereocenters. The van der Waals surface area contributed by atoms with Crippen LogP contribution in [-0.4, -0.2) is 22.4 Å². The van der Waals surface area contributed by atoms with Gasteiger partial charge in [0.1, 0.15) is 5.75 Å². The fourth-order valence-electron chi connectivity index (χ4n) is 2.24. The fourth-order valence-corrected chi connectivity index (χ4v) is 2.24. The standard InChI is InChI=1S/C16H12F3N3O4/c17-16(18,19)25-11-5-3-4-10(8-11)9-20-15(24)26-22-14(23)12-6-1-2-7-13(12)21-22/h1-8,21H,9H2,(H,20,24). The minimum absolute atomic E-state index is 0.122. The van der Waals surface area contributed by atoms with Gasteiger partial charge in [-0.15, -0.1) is 13.2 Å². The number of fused-ring (bicyclic) bond motifs is 1. The first-order valence-corrected chi connectivity index (χ1v) is 7.32. The molecule has 0 saturated heterocycles. The zero-order valence-electron chi connectivity index (χ0n) is 13.0. The number of carbonyl (C=O) groups excluding carboxylic acids is 1. The van der Waals surface area contributed by atoms with Gasteiger partial charge in [0.25, 0.3) is 0 Å². The summed E-state index contributed by atoms with van der Waals surface area (Å²) in [5.74, 6) is -0.406. The third-order valence-corrected chi connectivity index (χ3v) is 3.31. The number of hydrogen-bond donors (Lipinski definition) is 2. The summed E-state index contributed by atoms with van der Waals surface area (Å²) >= 11 is 0. The van der Waals surface area contributed by atoms with Crippen LogP contribution < -0.4 is 20.5 Å². The zero-order valence-corrected chi connectivity index (χ0v) is 13.0. The van der Waals surface area contributed by atoms with Crippen LogP contribution in [0.25, 0.3) is 10.9 Å². The molecule has 0 unspecified atom stereocenters. The van der Waals surface area contributed by atoms with Crippen LogP contribution in [0.5, 0.6) is 5.75 Å². The molecule has 1 amide bonds. The highest BCUT2D eigenvalue weighted by Crippen LogP contribution is 2.23. The first kappa shape index (κ1) is 17.4. The third-order valence-electron chi connectivity index (χ3n) is 3.31. The highest BCUT2D eigenvalue weighted by Gasteiger charge is 2.31. The number of ether oxygens (including phenoxy) is 1. The number of nitrogens with one attached hydrogen (secondary N) is 2. The largest absolute Gasteiger partial charge is 0.573 e. The second kappa shape index (κ2) is 6.82. The van der Waals surface area contributed by atoms with Crippen molar-refractivity contribution in [2.75, 3.05) is 0 Å². The number of H-pyrrole nitrogens is 1. The number of aromatic nitrogens is 2. The maximum absolute atomic E-state index is 12.2. The summed E-state index contributed by atoms with van der Waals surface area (Å²) in [7, 11) is 0. The van der Waals surface area contributed by atoms with E-state index >= 15 is 0 Å². The van der Waals surface area contributed by atoms with Crippen molar-refractivity contribution in [1.82, 2.24) is 15.3 Å². The van der Waals surface area contributed by atoms with Gasteiger partial charge in [0.05, 0.1) is 10.9 Å². The second-order valence-corrected chi connectivity index (χ2v) is 5.18. The lowest BCUT2D eigenvalue weighted by molar-refractivity contribution is -0.274. The highest BCUT2D eigenvalue weighted by atomic mass is 19.4. The molecule has 0 saturated carbocycles. The molecular weight excluding hydrogens is 355 g/mol. The van der Waals surface area contributed by atoms with Crippen molar-refractivity contribution in [3.8, 4) is 5.75 Å². The molecule has 1 heterocycles. The van der Waals surface area contributed by atoms with Gasteiger partial charge in [-0.3, -0.25) is 14.7 Å². The molecule has 3 rings (SSSR count). The number of amides is 1. The molecule has 1 aromatic heterocycles. The predicted molar refractivity (Wildman–Crippen MR) is 84.5 cm³/mol. The van der Waals surface area contributed by atoms with E-state index in [4.69, 9.17) is 4.84 Å². The van der Waals surface area contributed by atoms with E-state index in [1.54, 1.807) is 24.3 Å². The van der Waals surface area contributed by atoms with E-state index in [0.717, 1.165) is 12.1 Å². The Labute approximate surface area is 143 Å². The number of aromatic amines is 1. The molecule has 2 N–H and O–H groups in total. The molecule has 0 radical (unpaired) electrons. The van der Waals surface area contributed by atoms with E-state index in [0.29, 0.717) is 21.3 Å². The first-order valence-electron chi connectivity index (χ1n) is 7.32. The Hall–Kier alpha value is -3.43. The molecule has 0 aliphatic rings. The lowest BCUT2D eigenvalue weighted by Crippen LogP contribution is -2.36. The first-order chi connectivity index (χ1) is 12.3. The maximum atomic E-state index is 12.2. The van der Waals surface area contributed by atoms with E-state index in [-0.39, 0.29) is 6.54 Å². The van der Waals surface area contributed by atoms with Gasteiger partial charge in [-0.1, -0.05) is 29.1 Å². The van der Waals surface area contributed by atoms with Gasteiger partial charge in [-0.25, -0.2) is 4.79 Å². The number of para-hydroxylation sites is 1. The topological polar surface area (TPSA) is 85.3 Å². The summed E-state index contributed by atoms with van der Waals surface area (Å²) in [6.45, 7) is -0.122. The van der Waals surface area contributed by atoms with Crippen molar-refractivity contribution in [1.29, 1.82) is 0 Å². The molecule has 10 heteroatoms. The van der Waals surface area contributed by atoms with E-state index < -0.39 is 23.8 Å². The number of rotatable bonds is 4. The van der Waals surface area contributed by atoms with Gasteiger partial charge in [0, 0.05) is 6.54 Å². The van der Waals surface area contributed by atoms with Gasteiger partial charge in [-0.05, 0) is 29.8 Å². The number of alkyl halides is 3. The maximum Gasteiger partial charge on any atom is 0.573 e. The minimum Gasteiger partial charge on any atom is -0.406 e. The van der Waals surface area contributed by atoms with E-state index in [9.17, 15) is 22.8 Å². The van der Waals surface area contributed by atoms with Crippen LogP contribution in [0.1, 0.15) is 5.56 Å². The fraction of sp³-hybridized carbons (Fsp3) is 0.125.